The summed E-state index contributed by atoms with van der Waals surface area (Å²) in [7, 11) is 0. The maximum absolute atomic E-state index is 14.0. The second kappa shape index (κ2) is 14.3. The van der Waals surface area contributed by atoms with Crippen LogP contribution in [0.4, 0.5) is 36.4 Å². The number of aryl methyl sites for hydroxylation is 2. The number of halogens is 7. The fraction of sp³-hybridized carbons (Fsp3) is 0.441. The molecule has 258 valence electrons. The van der Waals surface area contributed by atoms with Gasteiger partial charge >= 0.3 is 18.3 Å². The molecule has 14 heteroatoms. The molecule has 0 aliphatic carbocycles. The summed E-state index contributed by atoms with van der Waals surface area (Å²) in [6.45, 7) is 5.55. The number of carbonyl (C=O) groups is 2. The standard InChI is InChI=1S/C34H34F7N3O3S/c1-19-13-24(35)6-7-25(19)30-29(26(17-42)27(48-30)5-4-10-44-11-8-20(9-12-44)31(46)47)43-18-28(45)32(2,3)21-14-22(33(36,37)38)16-23(15-21)34(39,40)41/h6-7,13-16,20,43H,4-5,8-12,18H2,1-3H3,(H,46,47). The molecule has 48 heavy (non-hydrogen) atoms. The smallest absolute Gasteiger partial charge is 0.416 e. The summed E-state index contributed by atoms with van der Waals surface area (Å²) >= 11 is 1.27. The number of aliphatic carboxylic acids is 1. The number of alkyl halides is 6. The minimum absolute atomic E-state index is 0.00371. The van der Waals surface area contributed by atoms with E-state index in [0.29, 0.717) is 78.3 Å². The second-order valence-electron chi connectivity index (χ2n) is 12.4. The first-order chi connectivity index (χ1) is 22.3. The Morgan fingerprint density at radius 2 is 1.58 bits per heavy atom. The lowest BCUT2D eigenvalue weighted by molar-refractivity contribution is -0.144. The molecule has 0 unspecified atom stereocenters. The Balaban J connectivity index is 1.62. The maximum Gasteiger partial charge on any atom is 0.416 e. The Morgan fingerprint density at radius 1 is 1.00 bits per heavy atom. The fourth-order valence-corrected chi connectivity index (χ4v) is 7.10. The average Bonchev–Trinajstić information content (AvgIpc) is 3.35. The van der Waals surface area contributed by atoms with Crippen molar-refractivity contribution in [2.24, 2.45) is 5.92 Å². The Hall–Kier alpha value is -3.96. The monoisotopic (exact) mass is 697 g/mol. The number of Topliss-reactive ketones (excluding diaryl/α,β-unsaturated/α-hetero) is 1. The first-order valence-electron chi connectivity index (χ1n) is 15.2. The molecule has 3 aromatic rings. The second-order valence-corrected chi connectivity index (χ2v) is 13.5. The molecule has 2 aromatic carbocycles. The van der Waals surface area contributed by atoms with Gasteiger partial charge in [0.2, 0.25) is 0 Å². The minimum atomic E-state index is -5.08. The molecule has 2 heterocycles. The number of hydrogen-bond acceptors (Lipinski definition) is 6. The van der Waals surface area contributed by atoms with Crippen molar-refractivity contribution in [2.45, 2.75) is 64.2 Å². The van der Waals surface area contributed by atoms with E-state index in [2.05, 4.69) is 16.3 Å². The van der Waals surface area contributed by atoms with Crippen molar-refractivity contribution in [2.75, 3.05) is 31.5 Å². The molecule has 1 aliphatic rings. The summed E-state index contributed by atoms with van der Waals surface area (Å²) < 4.78 is 95.2. The van der Waals surface area contributed by atoms with Gasteiger partial charge < -0.3 is 15.3 Å². The summed E-state index contributed by atoms with van der Waals surface area (Å²) in [5.74, 6) is -2.38. The fourth-order valence-electron chi connectivity index (χ4n) is 5.75. The number of carboxylic acid groups (broad SMARTS) is 1. The molecule has 1 aromatic heterocycles. The van der Waals surface area contributed by atoms with Gasteiger partial charge in [-0.2, -0.15) is 31.6 Å². The molecule has 2 N–H and O–H groups in total. The third kappa shape index (κ3) is 8.36. The number of hydrogen-bond donors (Lipinski definition) is 2. The number of nitrogens with zero attached hydrogens (tertiary/aromatic N) is 2. The van der Waals surface area contributed by atoms with E-state index in [0.717, 1.165) is 0 Å². The van der Waals surface area contributed by atoms with Crippen molar-refractivity contribution in [1.29, 1.82) is 5.26 Å². The molecule has 0 bridgehead atoms. The normalized spacial score (nSPS) is 14.9. The van der Waals surface area contributed by atoms with Crippen LogP contribution in [0.5, 0.6) is 0 Å². The molecule has 1 fully saturated rings. The van der Waals surface area contributed by atoms with Crippen LogP contribution >= 0.6 is 11.3 Å². The molecule has 4 rings (SSSR count). The van der Waals surface area contributed by atoms with E-state index in [4.69, 9.17) is 0 Å². The number of carbonyl (C=O) groups excluding carboxylic acids is 1. The summed E-state index contributed by atoms with van der Waals surface area (Å²) in [4.78, 5) is 28.2. The quantitative estimate of drug-likeness (QED) is 0.196. The molecule has 1 saturated heterocycles. The van der Waals surface area contributed by atoms with E-state index in [-0.39, 0.29) is 23.2 Å². The highest BCUT2D eigenvalue weighted by Crippen LogP contribution is 2.43. The van der Waals surface area contributed by atoms with Gasteiger partial charge in [-0.15, -0.1) is 11.3 Å². The van der Waals surface area contributed by atoms with Crippen molar-refractivity contribution in [3.63, 3.8) is 0 Å². The van der Waals surface area contributed by atoms with Crippen LogP contribution < -0.4 is 5.32 Å². The number of benzene rings is 2. The Morgan fingerprint density at radius 3 is 2.10 bits per heavy atom. The third-order valence-corrected chi connectivity index (χ3v) is 10.1. The highest BCUT2D eigenvalue weighted by Gasteiger charge is 2.40. The number of nitriles is 1. The van der Waals surface area contributed by atoms with Crippen molar-refractivity contribution in [1.82, 2.24) is 4.90 Å². The first-order valence-corrected chi connectivity index (χ1v) is 16.0. The first kappa shape index (κ1) is 36.9. The van der Waals surface area contributed by atoms with Gasteiger partial charge in [0.15, 0.2) is 5.78 Å². The largest absolute Gasteiger partial charge is 0.481 e. The number of ketones is 1. The van der Waals surface area contributed by atoms with Crippen LogP contribution in [0.15, 0.2) is 36.4 Å². The Kier molecular flexibility index (Phi) is 11.0. The van der Waals surface area contributed by atoms with Crippen LogP contribution in [-0.2, 0) is 33.8 Å². The van der Waals surface area contributed by atoms with E-state index in [1.54, 1.807) is 6.92 Å². The van der Waals surface area contributed by atoms with E-state index in [9.17, 15) is 50.7 Å². The van der Waals surface area contributed by atoms with E-state index in [1.807, 2.05) is 0 Å². The summed E-state index contributed by atoms with van der Waals surface area (Å²) in [6, 6.07) is 7.34. The predicted octanol–water partition coefficient (Wildman–Crippen LogP) is 8.46. The Bertz CT molecular complexity index is 1680. The molecule has 0 atom stereocenters. The number of piperidine rings is 1. The van der Waals surface area contributed by atoms with Gasteiger partial charge in [-0.1, -0.05) is 6.07 Å². The zero-order chi connectivity index (χ0) is 35.6. The van der Waals surface area contributed by atoms with Crippen LogP contribution in [0.3, 0.4) is 0 Å². The highest BCUT2D eigenvalue weighted by molar-refractivity contribution is 7.16. The lowest BCUT2D eigenvalue weighted by atomic mass is 9.79. The average molecular weight is 698 g/mol. The zero-order valence-electron chi connectivity index (χ0n) is 26.4. The van der Waals surface area contributed by atoms with Crippen LogP contribution in [0, 0.1) is 30.0 Å². The SMILES string of the molecule is Cc1cc(F)ccc1-c1sc(CCCN2CCC(C(=O)O)CC2)c(C#N)c1NCC(=O)C(C)(C)c1cc(C(F)(F)F)cc(C(F)(F)F)c1. The summed E-state index contributed by atoms with van der Waals surface area (Å²) in [5.41, 5.74) is -3.70. The van der Waals surface area contributed by atoms with Crippen molar-refractivity contribution < 1.29 is 45.4 Å². The van der Waals surface area contributed by atoms with E-state index in [1.165, 1.54) is 43.4 Å². The molecule has 0 saturated carbocycles. The highest BCUT2D eigenvalue weighted by atomic mass is 32.1. The molecular weight excluding hydrogens is 663 g/mol. The number of nitrogens with one attached hydrogen (secondary N) is 1. The number of rotatable bonds is 11. The molecular formula is C34H34F7N3O3S. The lowest BCUT2D eigenvalue weighted by Crippen LogP contribution is -2.36. The zero-order valence-corrected chi connectivity index (χ0v) is 27.2. The molecule has 6 nitrogen and oxygen atoms in total. The van der Waals surface area contributed by atoms with Crippen molar-refractivity contribution in [3.05, 3.63) is 74.9 Å². The summed E-state index contributed by atoms with van der Waals surface area (Å²) in [6.07, 6.45) is -7.98. The van der Waals surface area contributed by atoms with Crippen LogP contribution in [0.25, 0.3) is 10.4 Å². The Labute approximate surface area is 277 Å². The van der Waals surface area contributed by atoms with Gasteiger partial charge in [0.1, 0.15) is 11.9 Å². The summed E-state index contributed by atoms with van der Waals surface area (Å²) in [5, 5.41) is 22.4. The number of anilines is 1. The van der Waals surface area contributed by atoms with Gasteiger partial charge in [0.05, 0.1) is 45.1 Å². The molecule has 0 radical (unpaired) electrons. The number of carboxylic acids is 1. The number of thiophene rings is 1. The van der Waals surface area contributed by atoms with E-state index < -0.39 is 58.6 Å². The van der Waals surface area contributed by atoms with Gasteiger partial charge in [-0.25, -0.2) is 4.39 Å². The topological polar surface area (TPSA) is 93.4 Å². The van der Waals surface area contributed by atoms with Crippen LogP contribution in [-0.4, -0.2) is 47.9 Å². The van der Waals surface area contributed by atoms with Gasteiger partial charge in [0.25, 0.3) is 0 Å². The molecule has 1 aliphatic heterocycles. The van der Waals surface area contributed by atoms with Crippen LogP contribution in [0.1, 0.15) is 65.8 Å². The number of likely N-dealkylation sites (tertiary alicyclic amines) is 1. The minimum Gasteiger partial charge on any atom is -0.481 e. The molecule has 0 spiro atoms. The predicted molar refractivity (Wildman–Crippen MR) is 167 cm³/mol. The van der Waals surface area contributed by atoms with E-state index >= 15 is 0 Å². The third-order valence-electron chi connectivity index (χ3n) is 8.77. The lowest BCUT2D eigenvalue weighted by Gasteiger charge is -2.29. The molecule has 0 amide bonds. The van der Waals surface area contributed by atoms with Gasteiger partial charge in [0, 0.05) is 4.88 Å². The van der Waals surface area contributed by atoms with Crippen molar-refractivity contribution in [3.8, 4) is 16.5 Å². The van der Waals surface area contributed by atoms with Crippen LogP contribution in [0.2, 0.25) is 0 Å². The van der Waals surface area contributed by atoms with Gasteiger partial charge in [-0.3, -0.25) is 9.59 Å². The van der Waals surface area contributed by atoms with Gasteiger partial charge in [-0.05, 0) is 113 Å². The maximum atomic E-state index is 14.0. The van der Waals surface area contributed by atoms with Crippen molar-refractivity contribution >= 4 is 28.8 Å².